The Labute approximate surface area is 178 Å². The average Bonchev–Trinajstić information content (AvgIpc) is 2.72. The molecule has 6 heteroatoms. The zero-order chi connectivity index (χ0) is 21.7. The largest absolute Gasteiger partial charge is 0.494 e. The van der Waals surface area contributed by atoms with E-state index >= 15 is 0 Å². The molecule has 162 valence electrons. The van der Waals surface area contributed by atoms with E-state index in [0.29, 0.717) is 24.0 Å². The molecule has 0 bridgehead atoms. The first-order valence-electron chi connectivity index (χ1n) is 10.5. The number of benzene rings is 2. The summed E-state index contributed by atoms with van der Waals surface area (Å²) in [5.41, 5.74) is 1.80. The molecule has 1 aromatic heterocycles. The molecule has 0 amide bonds. The quantitative estimate of drug-likeness (QED) is 0.378. The second kappa shape index (κ2) is 9.96. The Bertz CT molecular complexity index is 977. The molecule has 0 aliphatic heterocycles. The number of pyridine rings is 1. The van der Waals surface area contributed by atoms with Crippen LogP contribution in [-0.2, 0) is 7.05 Å². The van der Waals surface area contributed by atoms with Crippen molar-refractivity contribution in [2.75, 3.05) is 54.5 Å². The fourth-order valence-corrected chi connectivity index (χ4v) is 3.58. The van der Waals surface area contributed by atoms with Crippen molar-refractivity contribution in [1.29, 1.82) is 0 Å². The molecule has 1 heterocycles. The lowest BCUT2D eigenvalue weighted by Crippen LogP contribution is -2.16. The Morgan fingerprint density at radius 2 is 1.20 bits per heavy atom. The first-order chi connectivity index (χ1) is 14.4. The van der Waals surface area contributed by atoms with Crippen LogP contribution >= 0.6 is 0 Å². The average molecular weight is 412 g/mol. The molecule has 0 radical (unpaired) electrons. The molecule has 0 aliphatic rings. The Morgan fingerprint density at radius 3 is 1.60 bits per heavy atom. The lowest BCUT2D eigenvalue weighted by molar-refractivity contribution is 0.282. The van der Waals surface area contributed by atoms with Crippen molar-refractivity contribution < 1.29 is 9.47 Å². The van der Waals surface area contributed by atoms with Gasteiger partial charge in [-0.2, -0.15) is 0 Å². The Hall–Kier alpha value is -2.57. The highest BCUT2D eigenvalue weighted by atomic mass is 16.5. The monoisotopic (exact) mass is 411 g/mol. The normalized spacial score (nSPS) is 11.7. The van der Waals surface area contributed by atoms with Gasteiger partial charge in [-0.3, -0.25) is 4.79 Å². The number of ether oxygens (including phenoxy) is 2. The minimum atomic E-state index is 0.00980. The van der Waals surface area contributed by atoms with Gasteiger partial charge in [0, 0.05) is 30.9 Å². The van der Waals surface area contributed by atoms with Crippen LogP contribution in [0.15, 0.2) is 41.2 Å². The Balaban J connectivity index is 1.86. The van der Waals surface area contributed by atoms with Crippen LogP contribution in [0.4, 0.5) is 0 Å². The summed E-state index contributed by atoms with van der Waals surface area (Å²) < 4.78 is 13.8. The molecular formula is C24H33N3O3. The maximum atomic E-state index is 13.2. The highest BCUT2D eigenvalue weighted by Gasteiger charge is 2.11. The molecule has 0 atom stereocenters. The lowest BCUT2D eigenvalue weighted by atomic mass is 10.1. The molecule has 0 spiro atoms. The zero-order valence-electron chi connectivity index (χ0n) is 18.8. The van der Waals surface area contributed by atoms with Gasteiger partial charge in [-0.05, 0) is 77.4 Å². The highest BCUT2D eigenvalue weighted by molar-refractivity contribution is 5.94. The summed E-state index contributed by atoms with van der Waals surface area (Å²) in [7, 11) is 10.2. The summed E-state index contributed by atoms with van der Waals surface area (Å²) in [6.45, 7) is 3.19. The van der Waals surface area contributed by atoms with E-state index in [-0.39, 0.29) is 5.43 Å². The van der Waals surface area contributed by atoms with Gasteiger partial charge in [0.2, 0.25) is 0 Å². The fourth-order valence-electron chi connectivity index (χ4n) is 3.58. The summed E-state index contributed by atoms with van der Waals surface area (Å²) in [5, 5.41) is 1.33. The summed E-state index contributed by atoms with van der Waals surface area (Å²) in [5.74, 6) is 1.46. The maximum absolute atomic E-state index is 13.2. The van der Waals surface area contributed by atoms with Gasteiger partial charge in [0.05, 0.1) is 24.2 Å². The molecule has 0 fully saturated rings. The number of aryl methyl sites for hydroxylation is 1. The fraction of sp³-hybridized carbons (Fsp3) is 0.458. The lowest BCUT2D eigenvalue weighted by Gasteiger charge is -2.14. The van der Waals surface area contributed by atoms with Crippen LogP contribution in [0.25, 0.3) is 21.8 Å². The predicted molar refractivity (Wildman–Crippen MR) is 124 cm³/mol. The second-order valence-corrected chi connectivity index (χ2v) is 8.26. The molecule has 0 unspecified atom stereocenters. The summed E-state index contributed by atoms with van der Waals surface area (Å²) >= 11 is 0. The smallest absolute Gasteiger partial charge is 0.197 e. The van der Waals surface area contributed by atoms with Crippen molar-refractivity contribution >= 4 is 21.8 Å². The predicted octanol–water partition coefficient (Wildman–Crippen LogP) is 3.35. The van der Waals surface area contributed by atoms with Crippen molar-refractivity contribution in [1.82, 2.24) is 14.4 Å². The standard InChI is InChI=1S/C24H33N3O3/c1-25(2)12-6-14-29-18-8-10-22-20(16-18)24(28)21-17-19(9-11-23(21)27(22)5)30-15-7-13-26(3)4/h8-11,16-17H,6-7,12-15H2,1-5H3. The topological polar surface area (TPSA) is 46.9 Å². The third kappa shape index (κ3) is 5.32. The number of aromatic nitrogens is 1. The molecule has 0 saturated carbocycles. The third-order valence-corrected chi connectivity index (χ3v) is 5.18. The molecular weight excluding hydrogens is 378 g/mol. The minimum absolute atomic E-state index is 0.00980. The number of rotatable bonds is 10. The SMILES string of the molecule is CN(C)CCCOc1ccc2c(c1)c(=O)c1cc(OCCCN(C)C)ccc1n2C. The van der Waals surface area contributed by atoms with Gasteiger partial charge < -0.3 is 23.8 Å². The molecule has 0 aliphatic carbocycles. The van der Waals surface area contributed by atoms with E-state index in [9.17, 15) is 4.79 Å². The van der Waals surface area contributed by atoms with Crippen LogP contribution in [0.2, 0.25) is 0 Å². The van der Waals surface area contributed by atoms with Gasteiger partial charge in [0.1, 0.15) is 11.5 Å². The van der Waals surface area contributed by atoms with Crippen LogP contribution < -0.4 is 14.9 Å². The first-order valence-corrected chi connectivity index (χ1v) is 10.5. The van der Waals surface area contributed by atoms with Crippen molar-refractivity contribution in [3.05, 3.63) is 46.6 Å². The van der Waals surface area contributed by atoms with Gasteiger partial charge in [-0.15, -0.1) is 0 Å². The van der Waals surface area contributed by atoms with E-state index in [1.165, 1.54) is 0 Å². The molecule has 30 heavy (non-hydrogen) atoms. The van der Waals surface area contributed by atoms with E-state index in [4.69, 9.17) is 9.47 Å². The van der Waals surface area contributed by atoms with E-state index < -0.39 is 0 Å². The summed E-state index contributed by atoms with van der Waals surface area (Å²) in [4.78, 5) is 17.5. The van der Waals surface area contributed by atoms with Gasteiger partial charge in [-0.1, -0.05) is 0 Å². The summed E-state index contributed by atoms with van der Waals surface area (Å²) in [6, 6.07) is 11.5. The molecule has 3 rings (SSSR count). The second-order valence-electron chi connectivity index (χ2n) is 8.26. The van der Waals surface area contributed by atoms with Crippen LogP contribution in [0.1, 0.15) is 12.8 Å². The zero-order valence-corrected chi connectivity index (χ0v) is 18.8. The number of hydrogen-bond donors (Lipinski definition) is 0. The van der Waals surface area contributed by atoms with Crippen LogP contribution in [0.5, 0.6) is 11.5 Å². The van der Waals surface area contributed by atoms with Gasteiger partial charge in [-0.25, -0.2) is 0 Å². The van der Waals surface area contributed by atoms with E-state index in [0.717, 1.165) is 48.5 Å². The van der Waals surface area contributed by atoms with Crippen LogP contribution in [0, 0.1) is 0 Å². The molecule has 0 N–H and O–H groups in total. The van der Waals surface area contributed by atoms with Gasteiger partial charge in [0.25, 0.3) is 0 Å². The molecule has 6 nitrogen and oxygen atoms in total. The van der Waals surface area contributed by atoms with E-state index in [2.05, 4.69) is 14.4 Å². The Morgan fingerprint density at radius 1 is 0.767 bits per heavy atom. The number of nitrogens with zero attached hydrogens (tertiary/aromatic N) is 3. The van der Waals surface area contributed by atoms with E-state index in [1.54, 1.807) is 0 Å². The molecule has 0 saturated heterocycles. The highest BCUT2D eigenvalue weighted by Crippen LogP contribution is 2.25. The van der Waals surface area contributed by atoms with Crippen molar-refractivity contribution in [3.8, 4) is 11.5 Å². The van der Waals surface area contributed by atoms with Crippen molar-refractivity contribution in [3.63, 3.8) is 0 Å². The third-order valence-electron chi connectivity index (χ3n) is 5.18. The van der Waals surface area contributed by atoms with Crippen LogP contribution in [0.3, 0.4) is 0 Å². The molecule has 3 aromatic rings. The van der Waals surface area contributed by atoms with Gasteiger partial charge >= 0.3 is 0 Å². The van der Waals surface area contributed by atoms with E-state index in [1.807, 2.05) is 71.6 Å². The summed E-state index contributed by atoms with van der Waals surface area (Å²) in [6.07, 6.45) is 1.88. The van der Waals surface area contributed by atoms with Gasteiger partial charge in [0.15, 0.2) is 5.43 Å². The first kappa shape index (κ1) is 22.1. The maximum Gasteiger partial charge on any atom is 0.197 e. The van der Waals surface area contributed by atoms with Crippen molar-refractivity contribution in [2.24, 2.45) is 7.05 Å². The number of fused-ring (bicyclic) bond motifs is 2. The Kier molecular flexibility index (Phi) is 7.34. The molecule has 2 aromatic carbocycles. The van der Waals surface area contributed by atoms with Crippen LogP contribution in [-0.4, -0.2) is 68.9 Å². The van der Waals surface area contributed by atoms with Crippen molar-refractivity contribution in [2.45, 2.75) is 12.8 Å². The minimum Gasteiger partial charge on any atom is -0.494 e. The number of hydrogen-bond acceptors (Lipinski definition) is 5.